The van der Waals surface area contributed by atoms with E-state index in [0.29, 0.717) is 40.0 Å². The maximum atomic E-state index is 12.5. The minimum atomic E-state index is -0.285. The maximum absolute atomic E-state index is 12.5. The highest BCUT2D eigenvalue weighted by atomic mass is 32.1. The minimum absolute atomic E-state index is 0.285. The molecule has 0 aliphatic carbocycles. The molecule has 0 radical (unpaired) electrons. The standard InChI is InChI=1S/C18H19N5O3S2/c1-4-7-26-13-6-5-11(8-14(13)25-3)16(24)20-17-19-12(10-28-17)9-15-21-22-18(27)23(15)2/h4-6,8,10H,1,7,9H2,2-3H3,(H,22,27)(H,19,20,24). The topological polar surface area (TPSA) is 94.1 Å². The molecular formula is C18H19N5O3S2. The van der Waals surface area contributed by atoms with E-state index in [-0.39, 0.29) is 5.91 Å². The number of benzene rings is 1. The molecule has 0 unspecified atom stereocenters. The molecular weight excluding hydrogens is 398 g/mol. The van der Waals surface area contributed by atoms with Gasteiger partial charge in [-0.15, -0.1) is 11.3 Å². The second-order valence-electron chi connectivity index (χ2n) is 5.74. The lowest BCUT2D eigenvalue weighted by Gasteiger charge is -2.10. The second kappa shape index (κ2) is 8.81. The number of aromatic amines is 1. The fourth-order valence-corrected chi connectivity index (χ4v) is 3.25. The normalized spacial score (nSPS) is 10.5. The van der Waals surface area contributed by atoms with Gasteiger partial charge in [0, 0.05) is 18.0 Å². The van der Waals surface area contributed by atoms with Gasteiger partial charge in [0.1, 0.15) is 12.4 Å². The molecule has 0 atom stereocenters. The number of methoxy groups -OCH3 is 1. The number of H-pyrrole nitrogens is 1. The number of nitrogens with one attached hydrogen (secondary N) is 2. The molecule has 3 rings (SSSR count). The summed E-state index contributed by atoms with van der Waals surface area (Å²) in [5, 5.41) is 12.1. The molecule has 0 saturated heterocycles. The fourth-order valence-electron chi connectivity index (χ4n) is 2.39. The van der Waals surface area contributed by atoms with Gasteiger partial charge in [-0.25, -0.2) is 4.98 Å². The van der Waals surface area contributed by atoms with Crippen molar-refractivity contribution in [2.24, 2.45) is 7.05 Å². The average Bonchev–Trinajstić information content (AvgIpc) is 3.27. The van der Waals surface area contributed by atoms with Crippen LogP contribution in [-0.2, 0) is 13.5 Å². The first-order valence-corrected chi connectivity index (χ1v) is 9.58. The fraction of sp³-hybridized carbons (Fsp3) is 0.222. The van der Waals surface area contributed by atoms with Crippen molar-refractivity contribution >= 4 is 34.6 Å². The lowest BCUT2D eigenvalue weighted by Crippen LogP contribution is -2.12. The van der Waals surface area contributed by atoms with Gasteiger partial charge in [0.05, 0.1) is 19.2 Å². The van der Waals surface area contributed by atoms with Gasteiger partial charge in [-0.2, -0.15) is 5.10 Å². The summed E-state index contributed by atoms with van der Waals surface area (Å²) in [5.41, 5.74) is 1.23. The van der Waals surface area contributed by atoms with Gasteiger partial charge in [-0.3, -0.25) is 15.2 Å². The predicted octanol–water partition coefficient (Wildman–Crippen LogP) is 3.35. The van der Waals surface area contributed by atoms with Crippen LogP contribution in [0.2, 0.25) is 0 Å². The number of ether oxygens (including phenoxy) is 2. The Hall–Kier alpha value is -2.98. The van der Waals surface area contributed by atoms with Crippen LogP contribution in [0.5, 0.6) is 11.5 Å². The van der Waals surface area contributed by atoms with Crippen molar-refractivity contribution in [1.29, 1.82) is 0 Å². The van der Waals surface area contributed by atoms with Crippen LogP contribution in [0.15, 0.2) is 36.2 Å². The van der Waals surface area contributed by atoms with Gasteiger partial charge in [-0.05, 0) is 30.4 Å². The van der Waals surface area contributed by atoms with Crippen molar-refractivity contribution in [1.82, 2.24) is 19.7 Å². The highest BCUT2D eigenvalue weighted by Gasteiger charge is 2.14. The first kappa shape index (κ1) is 19.8. The molecule has 0 aliphatic rings. The first-order valence-electron chi connectivity index (χ1n) is 8.29. The van der Waals surface area contributed by atoms with E-state index in [1.807, 2.05) is 12.4 Å². The smallest absolute Gasteiger partial charge is 0.257 e. The Labute approximate surface area is 170 Å². The third-order valence-corrected chi connectivity index (χ3v) is 5.04. The van der Waals surface area contributed by atoms with Crippen molar-refractivity contribution in [3.63, 3.8) is 0 Å². The maximum Gasteiger partial charge on any atom is 0.257 e. The molecule has 146 valence electrons. The highest BCUT2D eigenvalue weighted by molar-refractivity contribution is 7.71. The van der Waals surface area contributed by atoms with Crippen molar-refractivity contribution in [3.8, 4) is 11.5 Å². The van der Waals surface area contributed by atoms with Crippen LogP contribution in [0.3, 0.4) is 0 Å². The second-order valence-corrected chi connectivity index (χ2v) is 6.99. The monoisotopic (exact) mass is 417 g/mol. The summed E-state index contributed by atoms with van der Waals surface area (Å²) in [6, 6.07) is 4.98. The third-order valence-electron chi connectivity index (χ3n) is 3.87. The summed E-state index contributed by atoms with van der Waals surface area (Å²) in [6.45, 7) is 3.96. The van der Waals surface area contributed by atoms with Crippen molar-refractivity contribution in [2.45, 2.75) is 6.42 Å². The van der Waals surface area contributed by atoms with Gasteiger partial charge in [0.25, 0.3) is 5.91 Å². The molecule has 0 fully saturated rings. The predicted molar refractivity (Wildman–Crippen MR) is 110 cm³/mol. The summed E-state index contributed by atoms with van der Waals surface area (Å²) in [7, 11) is 3.36. The molecule has 0 spiro atoms. The Balaban J connectivity index is 1.69. The van der Waals surface area contributed by atoms with Crippen LogP contribution >= 0.6 is 23.6 Å². The molecule has 3 aromatic rings. The zero-order chi connectivity index (χ0) is 20.1. The molecule has 8 nitrogen and oxygen atoms in total. The van der Waals surface area contributed by atoms with E-state index in [1.165, 1.54) is 18.4 Å². The molecule has 2 N–H and O–H groups in total. The van der Waals surface area contributed by atoms with Gasteiger partial charge in [0.2, 0.25) is 0 Å². The van der Waals surface area contributed by atoms with E-state index in [1.54, 1.807) is 28.8 Å². The van der Waals surface area contributed by atoms with Crippen LogP contribution < -0.4 is 14.8 Å². The van der Waals surface area contributed by atoms with Crippen molar-refractivity contribution in [2.75, 3.05) is 19.0 Å². The molecule has 2 heterocycles. The van der Waals surface area contributed by atoms with Crippen LogP contribution in [0.25, 0.3) is 0 Å². The largest absolute Gasteiger partial charge is 0.493 e. The van der Waals surface area contributed by atoms with Gasteiger partial charge < -0.3 is 14.0 Å². The number of amides is 1. The van der Waals surface area contributed by atoms with E-state index in [9.17, 15) is 4.79 Å². The average molecular weight is 418 g/mol. The van der Waals surface area contributed by atoms with Crippen LogP contribution in [0.4, 0.5) is 5.13 Å². The molecule has 0 aliphatic heterocycles. The zero-order valence-corrected chi connectivity index (χ0v) is 17.0. The van der Waals surface area contributed by atoms with Gasteiger partial charge in [-0.1, -0.05) is 12.7 Å². The van der Waals surface area contributed by atoms with Crippen LogP contribution in [-0.4, -0.2) is 39.4 Å². The highest BCUT2D eigenvalue weighted by Crippen LogP contribution is 2.28. The van der Waals surface area contributed by atoms with Crippen molar-refractivity contribution in [3.05, 3.63) is 58.1 Å². The Morgan fingerprint density at radius 2 is 2.29 bits per heavy atom. The van der Waals surface area contributed by atoms with Crippen LogP contribution in [0.1, 0.15) is 21.9 Å². The lowest BCUT2D eigenvalue weighted by atomic mass is 10.2. The van der Waals surface area contributed by atoms with Gasteiger partial charge >= 0.3 is 0 Å². The molecule has 1 amide bonds. The van der Waals surface area contributed by atoms with Crippen molar-refractivity contribution < 1.29 is 14.3 Å². The Kier molecular flexibility index (Phi) is 6.22. The summed E-state index contributed by atoms with van der Waals surface area (Å²) < 4.78 is 13.1. The number of nitrogens with zero attached hydrogens (tertiary/aromatic N) is 3. The molecule has 28 heavy (non-hydrogen) atoms. The van der Waals surface area contributed by atoms with E-state index in [4.69, 9.17) is 21.7 Å². The number of carbonyl (C=O) groups excluding carboxylic acids is 1. The summed E-state index contributed by atoms with van der Waals surface area (Å²) in [4.78, 5) is 17.0. The molecule has 1 aromatic carbocycles. The van der Waals surface area contributed by atoms with E-state index >= 15 is 0 Å². The zero-order valence-electron chi connectivity index (χ0n) is 15.4. The van der Waals surface area contributed by atoms with E-state index in [2.05, 4.69) is 27.1 Å². The molecule has 2 aromatic heterocycles. The first-order chi connectivity index (χ1) is 13.5. The molecule has 0 saturated carbocycles. The summed E-state index contributed by atoms with van der Waals surface area (Å²) >= 11 is 6.45. The Bertz CT molecular complexity index is 1050. The SMILES string of the molecule is C=CCOc1ccc(C(=O)Nc2nc(Cc3n[nH]c(=S)n3C)cs2)cc1OC. The quantitative estimate of drug-likeness (QED) is 0.431. The Morgan fingerprint density at radius 3 is 2.96 bits per heavy atom. The number of carbonyl (C=O) groups is 1. The van der Waals surface area contributed by atoms with Gasteiger partial charge in [0.15, 0.2) is 21.4 Å². The third kappa shape index (κ3) is 4.46. The molecule has 10 heteroatoms. The van der Waals surface area contributed by atoms with E-state index < -0.39 is 0 Å². The Morgan fingerprint density at radius 1 is 1.46 bits per heavy atom. The molecule has 0 bridgehead atoms. The van der Waals surface area contributed by atoms with Crippen LogP contribution in [0, 0.1) is 4.77 Å². The number of hydrogen-bond acceptors (Lipinski definition) is 7. The summed E-state index contributed by atoms with van der Waals surface area (Å²) in [5.74, 6) is 1.50. The number of hydrogen-bond donors (Lipinski definition) is 2. The minimum Gasteiger partial charge on any atom is -0.493 e. The van der Waals surface area contributed by atoms with E-state index in [0.717, 1.165) is 11.5 Å². The number of thiazole rings is 1. The summed E-state index contributed by atoms with van der Waals surface area (Å²) in [6.07, 6.45) is 2.15. The number of aromatic nitrogens is 4. The number of anilines is 1. The number of rotatable bonds is 8. The lowest BCUT2D eigenvalue weighted by molar-refractivity contribution is 0.102.